The van der Waals surface area contributed by atoms with Crippen molar-refractivity contribution in [3.8, 4) is 0 Å². The summed E-state index contributed by atoms with van der Waals surface area (Å²) in [6.45, 7) is 11.8. The van der Waals surface area contributed by atoms with E-state index in [0.717, 1.165) is 19.6 Å². The number of anilines is 1. The lowest BCUT2D eigenvalue weighted by Crippen LogP contribution is -2.35. The van der Waals surface area contributed by atoms with E-state index >= 15 is 0 Å². The van der Waals surface area contributed by atoms with E-state index in [2.05, 4.69) is 62.2 Å². The highest BCUT2D eigenvalue weighted by molar-refractivity contribution is 5.52. The Hall–Kier alpha value is -1.06. The maximum absolute atomic E-state index is 6.20. The molecule has 1 aliphatic rings. The Morgan fingerprint density at radius 3 is 2.62 bits per heavy atom. The first-order valence-corrected chi connectivity index (χ1v) is 8.29. The van der Waals surface area contributed by atoms with Crippen LogP contribution in [-0.2, 0) is 4.74 Å². The van der Waals surface area contributed by atoms with Crippen molar-refractivity contribution in [2.75, 3.05) is 24.5 Å². The molecule has 2 rings (SSSR count). The minimum absolute atomic E-state index is 0.364. The molecule has 1 aliphatic heterocycles. The summed E-state index contributed by atoms with van der Waals surface area (Å²) in [5, 5.41) is 3.48. The van der Waals surface area contributed by atoms with Crippen LogP contribution in [0.2, 0.25) is 0 Å². The van der Waals surface area contributed by atoms with Crippen molar-refractivity contribution >= 4 is 5.69 Å². The molecule has 0 spiro atoms. The first-order valence-electron chi connectivity index (χ1n) is 8.29. The van der Waals surface area contributed by atoms with Gasteiger partial charge in [-0.15, -0.1) is 0 Å². The highest BCUT2D eigenvalue weighted by Crippen LogP contribution is 2.24. The van der Waals surface area contributed by atoms with Gasteiger partial charge in [0.1, 0.15) is 0 Å². The van der Waals surface area contributed by atoms with E-state index in [1.165, 1.54) is 24.1 Å². The molecule has 1 N–H and O–H groups in total. The van der Waals surface area contributed by atoms with Gasteiger partial charge in [-0.25, -0.2) is 0 Å². The molecular weight excluding hydrogens is 260 g/mol. The molecule has 1 heterocycles. The van der Waals surface area contributed by atoms with Crippen LogP contribution in [-0.4, -0.2) is 37.9 Å². The van der Waals surface area contributed by atoms with Crippen molar-refractivity contribution in [3.63, 3.8) is 0 Å². The Balaban J connectivity index is 1.87. The Morgan fingerprint density at radius 1 is 1.24 bits per heavy atom. The third kappa shape index (κ3) is 4.72. The van der Waals surface area contributed by atoms with E-state index in [9.17, 15) is 0 Å². The summed E-state index contributed by atoms with van der Waals surface area (Å²) in [4.78, 5) is 2.44. The third-order valence-corrected chi connectivity index (χ3v) is 4.21. The SMILES string of the molecule is CCN(CC1CCC(CNC(C)C)O1)c1ccccc1C. The van der Waals surface area contributed by atoms with Gasteiger partial charge < -0.3 is 15.0 Å². The van der Waals surface area contributed by atoms with Crippen molar-refractivity contribution in [3.05, 3.63) is 29.8 Å². The van der Waals surface area contributed by atoms with Gasteiger partial charge >= 0.3 is 0 Å². The smallest absolute Gasteiger partial charge is 0.0755 e. The molecule has 118 valence electrons. The van der Waals surface area contributed by atoms with Crippen LogP contribution >= 0.6 is 0 Å². The number of benzene rings is 1. The van der Waals surface area contributed by atoms with E-state index in [-0.39, 0.29) is 0 Å². The van der Waals surface area contributed by atoms with Gasteiger partial charge in [-0.2, -0.15) is 0 Å². The zero-order chi connectivity index (χ0) is 15.2. The third-order valence-electron chi connectivity index (χ3n) is 4.21. The molecule has 0 bridgehead atoms. The van der Waals surface area contributed by atoms with E-state index in [1.807, 2.05) is 0 Å². The summed E-state index contributed by atoms with van der Waals surface area (Å²) in [6, 6.07) is 9.16. The van der Waals surface area contributed by atoms with Gasteiger partial charge in [0.25, 0.3) is 0 Å². The van der Waals surface area contributed by atoms with Crippen LogP contribution in [0.25, 0.3) is 0 Å². The largest absolute Gasteiger partial charge is 0.372 e. The number of para-hydroxylation sites is 1. The van der Waals surface area contributed by atoms with Crippen LogP contribution in [0.4, 0.5) is 5.69 Å². The fraction of sp³-hybridized carbons (Fsp3) is 0.667. The molecule has 0 aromatic heterocycles. The van der Waals surface area contributed by atoms with Crippen LogP contribution in [0.1, 0.15) is 39.2 Å². The molecule has 3 nitrogen and oxygen atoms in total. The molecular formula is C18H30N2O. The molecule has 0 amide bonds. The first kappa shape index (κ1) is 16.3. The summed E-state index contributed by atoms with van der Waals surface area (Å²) < 4.78 is 6.20. The van der Waals surface area contributed by atoms with E-state index in [1.54, 1.807) is 0 Å². The molecule has 0 radical (unpaired) electrons. The Bertz CT molecular complexity index is 433. The Kier molecular flexibility index (Phi) is 6.07. The fourth-order valence-electron chi connectivity index (χ4n) is 2.99. The molecule has 21 heavy (non-hydrogen) atoms. The van der Waals surface area contributed by atoms with Gasteiger partial charge in [-0.05, 0) is 38.3 Å². The zero-order valence-corrected chi connectivity index (χ0v) is 13.9. The molecule has 1 fully saturated rings. The van der Waals surface area contributed by atoms with Gasteiger partial charge in [0.05, 0.1) is 12.2 Å². The summed E-state index contributed by atoms with van der Waals surface area (Å²) >= 11 is 0. The average Bonchev–Trinajstić information content (AvgIpc) is 2.91. The van der Waals surface area contributed by atoms with Gasteiger partial charge in [0.15, 0.2) is 0 Å². The molecule has 0 saturated carbocycles. The standard InChI is InChI=1S/C18H30N2O/c1-5-20(18-9-7-6-8-15(18)4)13-17-11-10-16(21-17)12-19-14(2)3/h6-9,14,16-17,19H,5,10-13H2,1-4H3. The lowest BCUT2D eigenvalue weighted by molar-refractivity contribution is 0.0484. The topological polar surface area (TPSA) is 24.5 Å². The van der Waals surface area contributed by atoms with Gasteiger partial charge in [-0.3, -0.25) is 0 Å². The molecule has 1 aromatic carbocycles. The van der Waals surface area contributed by atoms with Crippen LogP contribution in [0, 0.1) is 6.92 Å². The van der Waals surface area contributed by atoms with Crippen molar-refractivity contribution in [2.24, 2.45) is 0 Å². The highest BCUT2D eigenvalue weighted by Gasteiger charge is 2.26. The second-order valence-corrected chi connectivity index (χ2v) is 6.35. The van der Waals surface area contributed by atoms with E-state index in [0.29, 0.717) is 18.2 Å². The van der Waals surface area contributed by atoms with Crippen molar-refractivity contribution in [1.82, 2.24) is 5.32 Å². The lowest BCUT2D eigenvalue weighted by atomic mass is 10.1. The number of rotatable bonds is 7. The predicted octanol–water partition coefficient (Wildman–Crippen LogP) is 3.37. The van der Waals surface area contributed by atoms with Gasteiger partial charge in [0, 0.05) is 31.4 Å². The number of nitrogens with one attached hydrogen (secondary N) is 1. The average molecular weight is 290 g/mol. The van der Waals surface area contributed by atoms with E-state index in [4.69, 9.17) is 4.74 Å². The number of hydrogen-bond donors (Lipinski definition) is 1. The molecule has 3 heteroatoms. The number of ether oxygens (including phenoxy) is 1. The number of likely N-dealkylation sites (N-methyl/N-ethyl adjacent to an activating group) is 1. The fourth-order valence-corrected chi connectivity index (χ4v) is 2.99. The van der Waals surface area contributed by atoms with Crippen LogP contribution in [0.3, 0.4) is 0 Å². The van der Waals surface area contributed by atoms with Crippen LogP contribution < -0.4 is 10.2 Å². The number of hydrogen-bond acceptors (Lipinski definition) is 3. The molecule has 1 aromatic rings. The van der Waals surface area contributed by atoms with Crippen molar-refractivity contribution < 1.29 is 4.74 Å². The summed E-state index contributed by atoms with van der Waals surface area (Å²) in [5.74, 6) is 0. The van der Waals surface area contributed by atoms with Crippen molar-refractivity contribution in [2.45, 2.75) is 58.8 Å². The quantitative estimate of drug-likeness (QED) is 0.833. The van der Waals surface area contributed by atoms with Gasteiger partial charge in [0.2, 0.25) is 0 Å². The Labute approximate surface area is 129 Å². The first-order chi connectivity index (χ1) is 10.1. The minimum atomic E-state index is 0.364. The molecule has 2 unspecified atom stereocenters. The summed E-state index contributed by atoms with van der Waals surface area (Å²) in [7, 11) is 0. The molecule has 1 saturated heterocycles. The second-order valence-electron chi connectivity index (χ2n) is 6.35. The zero-order valence-electron chi connectivity index (χ0n) is 13.9. The number of nitrogens with zero attached hydrogens (tertiary/aromatic N) is 1. The Morgan fingerprint density at radius 2 is 1.95 bits per heavy atom. The molecule has 2 atom stereocenters. The minimum Gasteiger partial charge on any atom is -0.372 e. The van der Waals surface area contributed by atoms with Crippen LogP contribution in [0.15, 0.2) is 24.3 Å². The highest BCUT2D eigenvalue weighted by atomic mass is 16.5. The monoisotopic (exact) mass is 290 g/mol. The van der Waals surface area contributed by atoms with Crippen molar-refractivity contribution in [1.29, 1.82) is 0 Å². The maximum Gasteiger partial charge on any atom is 0.0755 e. The van der Waals surface area contributed by atoms with E-state index < -0.39 is 0 Å². The number of aryl methyl sites for hydroxylation is 1. The summed E-state index contributed by atoms with van der Waals surface area (Å²) in [6.07, 6.45) is 3.10. The summed E-state index contributed by atoms with van der Waals surface area (Å²) in [5.41, 5.74) is 2.68. The van der Waals surface area contributed by atoms with Gasteiger partial charge in [-0.1, -0.05) is 32.0 Å². The second kappa shape index (κ2) is 7.81. The lowest BCUT2D eigenvalue weighted by Gasteiger charge is -2.28. The normalized spacial score (nSPS) is 22.0. The van der Waals surface area contributed by atoms with Crippen LogP contribution in [0.5, 0.6) is 0 Å². The maximum atomic E-state index is 6.20. The molecule has 0 aliphatic carbocycles. The predicted molar refractivity (Wildman–Crippen MR) is 90.1 cm³/mol.